The first-order chi connectivity index (χ1) is 35.3. The average molecular weight is 1000 g/mol. The van der Waals surface area contributed by atoms with Crippen molar-refractivity contribution in [1.82, 2.24) is 45.4 Å². The van der Waals surface area contributed by atoms with Gasteiger partial charge in [-0.1, -0.05) is 57.0 Å². The molecule has 74 heavy (non-hydrogen) atoms. The molecule has 0 bridgehead atoms. The number of aliphatic hydroxyl groups excluding tert-OH is 1. The van der Waals surface area contributed by atoms with Gasteiger partial charge in [0.15, 0.2) is 0 Å². The molecule has 5 N–H and O–H groups in total. The molecule has 6 heterocycles. The van der Waals surface area contributed by atoms with Crippen LogP contribution >= 0.6 is 0 Å². The Morgan fingerprint density at radius 3 is 1.34 bits per heavy atom. The molecule has 6 aromatic heterocycles. The van der Waals surface area contributed by atoms with Gasteiger partial charge in [-0.3, -0.25) is 0 Å². The molecule has 3 aliphatic rings. The van der Waals surface area contributed by atoms with Crippen molar-refractivity contribution in [2.75, 3.05) is 7.11 Å². The van der Waals surface area contributed by atoms with E-state index in [9.17, 15) is 15.0 Å². The number of imidazole rings is 3. The van der Waals surface area contributed by atoms with Crippen LogP contribution < -0.4 is 0 Å². The average Bonchev–Trinajstić information content (AvgIpc) is 4.34. The van der Waals surface area contributed by atoms with Gasteiger partial charge in [-0.2, -0.15) is 0 Å². The summed E-state index contributed by atoms with van der Waals surface area (Å²) >= 11 is 0. The number of esters is 1. The fraction of sp³-hybridized carbons (Fsp3) is 0.466. The molecule has 16 nitrogen and oxygen atoms in total. The van der Waals surface area contributed by atoms with Gasteiger partial charge in [-0.05, 0) is 151 Å². The molecule has 3 saturated carbocycles. The maximum Gasteiger partial charge on any atom is 0.340 e. The number of methoxy groups -OCH3 is 1. The Labute approximate surface area is 430 Å². The van der Waals surface area contributed by atoms with Crippen molar-refractivity contribution in [2.24, 2.45) is 17.8 Å². The summed E-state index contributed by atoms with van der Waals surface area (Å²) in [6.45, 7) is 23.8. The fourth-order valence-corrected chi connectivity index (χ4v) is 10.6. The maximum atomic E-state index is 12.2. The number of nitrogens with one attached hydrogen (secondary N) is 3. The van der Waals surface area contributed by atoms with Gasteiger partial charge in [0.1, 0.15) is 40.3 Å². The molecule has 0 aliphatic heterocycles. The highest BCUT2D eigenvalue weighted by Gasteiger charge is 2.40. The van der Waals surface area contributed by atoms with Crippen LogP contribution in [0, 0.1) is 59.3 Å². The van der Waals surface area contributed by atoms with Crippen LogP contribution in [0.4, 0.5) is 0 Å². The Morgan fingerprint density at radius 2 is 0.959 bits per heavy atom. The Morgan fingerprint density at radius 1 is 0.581 bits per heavy atom. The largest absolute Gasteiger partial charge is 0.465 e. The molecular formula is C58H69N9O7. The maximum absolute atomic E-state index is 12.2. The summed E-state index contributed by atoms with van der Waals surface area (Å²) in [5.74, 6) is 6.72. The molecule has 0 radical (unpaired) electrons. The minimum Gasteiger partial charge on any atom is -0.465 e. The summed E-state index contributed by atoms with van der Waals surface area (Å²) in [5, 5.41) is 34.7. The lowest BCUT2D eigenvalue weighted by Gasteiger charge is -2.37. The van der Waals surface area contributed by atoms with Crippen LogP contribution in [0.25, 0.3) is 66.5 Å². The van der Waals surface area contributed by atoms with Crippen molar-refractivity contribution in [2.45, 2.75) is 151 Å². The van der Waals surface area contributed by atoms with Crippen LogP contribution in [0.1, 0.15) is 177 Å². The molecule has 3 fully saturated rings. The smallest absolute Gasteiger partial charge is 0.340 e. The number of carbonyl (C=O) groups is 1. The Hall–Kier alpha value is -6.91. The number of aromatic amines is 3. The number of carbonyl (C=O) groups excluding carboxylic acids is 1. The number of nitrogens with zero attached hydrogens (tertiary/aromatic N) is 6. The van der Waals surface area contributed by atoms with Gasteiger partial charge in [0.05, 0.1) is 69.0 Å². The topological polar surface area (TPSA) is 231 Å². The number of hydrogen-bond acceptors (Lipinski definition) is 13. The zero-order valence-electron chi connectivity index (χ0n) is 44.9. The summed E-state index contributed by atoms with van der Waals surface area (Å²) in [4.78, 5) is 36.8. The van der Waals surface area contributed by atoms with Crippen molar-refractivity contribution in [3.63, 3.8) is 0 Å². The summed E-state index contributed by atoms with van der Waals surface area (Å²) in [6, 6.07) is 12.1. The first kappa shape index (κ1) is 50.6. The highest BCUT2D eigenvalue weighted by molar-refractivity contribution is 6.04. The number of H-pyrrole nitrogens is 3. The zero-order chi connectivity index (χ0) is 52.7. The second kappa shape index (κ2) is 19.4. The van der Waals surface area contributed by atoms with E-state index in [1.54, 1.807) is 6.07 Å². The third-order valence-electron chi connectivity index (χ3n) is 15.2. The number of hydrogen-bond donors (Lipinski definition) is 5. The van der Waals surface area contributed by atoms with E-state index in [4.69, 9.17) is 28.3 Å². The second-order valence-corrected chi connectivity index (χ2v) is 21.9. The monoisotopic (exact) mass is 1000 g/mol. The van der Waals surface area contributed by atoms with E-state index >= 15 is 0 Å². The molecule has 12 rings (SSSR count). The normalized spacial score (nSPS) is 15.4. The molecule has 0 amide bonds. The molecule has 3 aromatic carbocycles. The second-order valence-electron chi connectivity index (χ2n) is 21.9. The number of aryl methyl sites for hydroxylation is 6. The minimum absolute atomic E-state index is 0.0571. The zero-order valence-corrected chi connectivity index (χ0v) is 44.9. The summed E-state index contributed by atoms with van der Waals surface area (Å²) in [6.07, 6.45) is 6.49. The van der Waals surface area contributed by atoms with Gasteiger partial charge in [-0.15, -0.1) is 0 Å². The van der Waals surface area contributed by atoms with E-state index < -0.39 is 17.7 Å². The first-order valence-corrected chi connectivity index (χ1v) is 26.2. The Bertz CT molecular complexity index is 3480. The molecule has 1 atom stereocenters. The standard InChI is InChI=1S/C22H29N3O2.C19H23N3O2.C17H17N3O3/c1-11(2)22(26,12(3)4)17-9-16(19-13(5)25-27-14(19)6)10-18-20(17)24-21(23-18)15-7-8-15;1-9(2)18(23)14-7-13(16-10(3)22-24-11(16)4)8-15-17(14)21-19(20-15)12-5-6-12;1-8-14(9(2)23-20-8)11-6-12(17(21)22-3)15-13(7-11)18-16(19-15)10-4-5-10/h9-12,15,26H,7-8H2,1-6H3,(H,23,24);7-9,12,18,23H,5-6H2,1-4H3,(H,20,21);6-7,10H,4-5H2,1-3H3,(H,18,19). The van der Waals surface area contributed by atoms with E-state index in [0.29, 0.717) is 28.8 Å². The van der Waals surface area contributed by atoms with Crippen LogP contribution in [-0.4, -0.2) is 68.7 Å². The Kier molecular flexibility index (Phi) is 13.3. The van der Waals surface area contributed by atoms with Crippen LogP contribution in [0.3, 0.4) is 0 Å². The molecule has 16 heteroatoms. The molecule has 9 aromatic rings. The van der Waals surface area contributed by atoms with Crippen LogP contribution in [0.2, 0.25) is 0 Å². The van der Waals surface area contributed by atoms with Gasteiger partial charge in [0.25, 0.3) is 0 Å². The van der Waals surface area contributed by atoms with Gasteiger partial charge in [0, 0.05) is 45.6 Å². The van der Waals surface area contributed by atoms with E-state index in [1.165, 1.54) is 32.8 Å². The van der Waals surface area contributed by atoms with Crippen LogP contribution in [-0.2, 0) is 10.3 Å². The number of ether oxygens (including phenoxy) is 1. The van der Waals surface area contributed by atoms with E-state index in [1.807, 2.05) is 67.5 Å². The first-order valence-electron chi connectivity index (χ1n) is 26.2. The highest BCUT2D eigenvalue weighted by atomic mass is 16.5. The van der Waals surface area contributed by atoms with E-state index in [-0.39, 0.29) is 17.8 Å². The molecule has 388 valence electrons. The van der Waals surface area contributed by atoms with E-state index in [0.717, 1.165) is 137 Å². The molecule has 1 unspecified atom stereocenters. The molecule has 3 aliphatic carbocycles. The predicted octanol–water partition coefficient (Wildman–Crippen LogP) is 13.1. The molecular weight excluding hydrogens is 935 g/mol. The fourth-order valence-electron chi connectivity index (χ4n) is 10.6. The van der Waals surface area contributed by atoms with Crippen molar-refractivity contribution in [3.8, 4) is 33.4 Å². The Balaban J connectivity index is 0.000000127. The van der Waals surface area contributed by atoms with Crippen LogP contribution in [0.5, 0.6) is 0 Å². The van der Waals surface area contributed by atoms with Crippen molar-refractivity contribution >= 4 is 39.1 Å². The lowest BCUT2D eigenvalue weighted by atomic mass is 9.74. The third kappa shape index (κ3) is 9.35. The predicted molar refractivity (Wildman–Crippen MR) is 284 cm³/mol. The van der Waals surface area contributed by atoms with Crippen molar-refractivity contribution in [3.05, 3.63) is 105 Å². The van der Waals surface area contributed by atoms with Gasteiger partial charge in [-0.25, -0.2) is 19.7 Å². The van der Waals surface area contributed by atoms with E-state index in [2.05, 4.69) is 81.3 Å². The molecule has 0 saturated heterocycles. The SMILES string of the molecule is COC(=O)c1cc(-c2c(C)noc2C)cc2[nH]c(C3CC3)nc12.Cc1noc(C)c1-c1cc(C(O)(C(C)C)C(C)C)c2nc(C3CC3)[nH]c2c1.Cc1noc(C)c1-c1cc(C(O)C(C)C)c2nc(C3CC3)[nH]c2c1. The quantitative estimate of drug-likeness (QED) is 0.0718. The van der Waals surface area contributed by atoms with Crippen LogP contribution in [0.15, 0.2) is 50.0 Å². The van der Waals surface area contributed by atoms with Crippen molar-refractivity contribution < 1.29 is 33.3 Å². The summed E-state index contributed by atoms with van der Waals surface area (Å²) in [7, 11) is 1.38. The number of benzene rings is 3. The van der Waals surface area contributed by atoms with Gasteiger partial charge >= 0.3 is 5.97 Å². The number of fused-ring (bicyclic) bond motifs is 3. The number of aliphatic hydroxyl groups is 2. The van der Waals surface area contributed by atoms with Crippen molar-refractivity contribution in [1.29, 1.82) is 0 Å². The third-order valence-corrected chi connectivity index (χ3v) is 15.2. The lowest BCUT2D eigenvalue weighted by molar-refractivity contribution is -0.0519. The van der Waals surface area contributed by atoms with Gasteiger partial charge in [0.2, 0.25) is 0 Å². The summed E-state index contributed by atoms with van der Waals surface area (Å²) in [5.41, 5.74) is 14.8. The highest BCUT2D eigenvalue weighted by Crippen LogP contribution is 2.46. The number of rotatable bonds is 12. The summed E-state index contributed by atoms with van der Waals surface area (Å²) < 4.78 is 20.9. The lowest BCUT2D eigenvalue weighted by Crippen LogP contribution is -2.38. The number of aromatic nitrogens is 9. The minimum atomic E-state index is -0.969. The molecule has 0 spiro atoms. The van der Waals surface area contributed by atoms with Gasteiger partial charge < -0.3 is 43.5 Å².